The summed E-state index contributed by atoms with van der Waals surface area (Å²) in [6, 6.07) is 5.17. The van der Waals surface area contributed by atoms with Crippen LogP contribution in [0.4, 0.5) is 5.82 Å². The lowest BCUT2D eigenvalue weighted by atomic mass is 10.2. The Morgan fingerprint density at radius 3 is 2.95 bits per heavy atom. The Kier molecular flexibility index (Phi) is 3.18. The van der Waals surface area contributed by atoms with Crippen molar-refractivity contribution >= 4 is 21.5 Å². The van der Waals surface area contributed by atoms with Crippen LogP contribution < -0.4 is 10.5 Å². The van der Waals surface area contributed by atoms with Gasteiger partial charge < -0.3 is 5.73 Å². The zero-order valence-corrected chi connectivity index (χ0v) is 12.1. The molecule has 2 aromatic rings. The van der Waals surface area contributed by atoms with Gasteiger partial charge in [-0.1, -0.05) is 18.9 Å². The Morgan fingerprint density at radius 2 is 2.25 bits per heavy atom. The predicted octanol–water partition coefficient (Wildman–Crippen LogP) is 1.38. The van der Waals surface area contributed by atoms with Crippen molar-refractivity contribution in [3.8, 4) is 0 Å². The predicted molar refractivity (Wildman–Crippen MR) is 76.7 cm³/mol. The van der Waals surface area contributed by atoms with E-state index in [1.807, 2.05) is 6.92 Å². The number of sulfonamides is 1. The first-order valence-corrected chi connectivity index (χ1v) is 8.20. The number of nitrogens with one attached hydrogen (secondary N) is 1. The SMILES string of the molecule is CC(CC1CC1)NS(=O)(=O)c1c(N)nc2ccccn12. The van der Waals surface area contributed by atoms with E-state index in [9.17, 15) is 8.42 Å². The van der Waals surface area contributed by atoms with Crippen molar-refractivity contribution in [2.24, 2.45) is 5.92 Å². The van der Waals surface area contributed by atoms with Gasteiger partial charge >= 0.3 is 0 Å². The summed E-state index contributed by atoms with van der Waals surface area (Å²) in [5.74, 6) is 0.689. The number of rotatable bonds is 5. The monoisotopic (exact) mass is 294 g/mol. The Hall–Kier alpha value is -1.60. The topological polar surface area (TPSA) is 89.5 Å². The number of nitrogens with two attached hydrogens (primary N) is 1. The number of imidazole rings is 1. The molecule has 3 N–H and O–H groups in total. The quantitative estimate of drug-likeness (QED) is 0.872. The molecule has 0 radical (unpaired) electrons. The van der Waals surface area contributed by atoms with E-state index in [4.69, 9.17) is 5.73 Å². The molecule has 2 aromatic heterocycles. The molecule has 1 unspecified atom stereocenters. The van der Waals surface area contributed by atoms with Gasteiger partial charge in [0.05, 0.1) is 0 Å². The fourth-order valence-electron chi connectivity index (χ4n) is 2.48. The van der Waals surface area contributed by atoms with Crippen LogP contribution in [0.15, 0.2) is 29.4 Å². The maximum absolute atomic E-state index is 12.5. The Balaban J connectivity index is 1.93. The molecule has 0 amide bonds. The van der Waals surface area contributed by atoms with Gasteiger partial charge in [0.1, 0.15) is 5.65 Å². The molecule has 0 bridgehead atoms. The number of aromatic nitrogens is 2. The van der Waals surface area contributed by atoms with Gasteiger partial charge in [0.2, 0.25) is 0 Å². The smallest absolute Gasteiger partial charge is 0.260 e. The third-order valence-electron chi connectivity index (χ3n) is 3.51. The molecule has 3 rings (SSSR count). The molecule has 0 aromatic carbocycles. The molecule has 1 aliphatic carbocycles. The van der Waals surface area contributed by atoms with Crippen molar-refractivity contribution in [2.75, 3.05) is 5.73 Å². The molecule has 6 nitrogen and oxygen atoms in total. The molecule has 108 valence electrons. The Bertz CT molecular complexity index is 734. The number of nitrogen functional groups attached to an aromatic ring is 1. The molecule has 2 heterocycles. The van der Waals surface area contributed by atoms with E-state index in [0.717, 1.165) is 6.42 Å². The van der Waals surface area contributed by atoms with Gasteiger partial charge in [-0.25, -0.2) is 18.1 Å². The number of hydrogen-bond acceptors (Lipinski definition) is 4. The molecule has 1 fully saturated rings. The molecule has 7 heteroatoms. The average Bonchev–Trinajstić information content (AvgIpc) is 3.07. The Morgan fingerprint density at radius 1 is 1.50 bits per heavy atom. The van der Waals surface area contributed by atoms with Crippen molar-refractivity contribution in [2.45, 2.75) is 37.3 Å². The van der Waals surface area contributed by atoms with Gasteiger partial charge in [-0.15, -0.1) is 0 Å². The minimum absolute atomic E-state index is 0.0238. The van der Waals surface area contributed by atoms with E-state index in [0.29, 0.717) is 11.6 Å². The van der Waals surface area contributed by atoms with Gasteiger partial charge in [0, 0.05) is 12.2 Å². The summed E-state index contributed by atoms with van der Waals surface area (Å²) in [6.07, 6.45) is 4.92. The highest BCUT2D eigenvalue weighted by Crippen LogP contribution is 2.33. The number of hydrogen-bond donors (Lipinski definition) is 2. The zero-order valence-electron chi connectivity index (χ0n) is 11.3. The second kappa shape index (κ2) is 4.75. The van der Waals surface area contributed by atoms with Crippen LogP contribution in [0, 0.1) is 5.92 Å². The van der Waals surface area contributed by atoms with E-state index in [1.165, 1.54) is 17.2 Å². The highest BCUT2D eigenvalue weighted by Gasteiger charge is 2.29. The number of nitrogens with zero attached hydrogens (tertiary/aromatic N) is 2. The average molecular weight is 294 g/mol. The minimum atomic E-state index is -3.67. The highest BCUT2D eigenvalue weighted by molar-refractivity contribution is 7.89. The molecule has 0 aliphatic heterocycles. The van der Waals surface area contributed by atoms with E-state index in [2.05, 4.69) is 9.71 Å². The fourth-order valence-corrected chi connectivity index (χ4v) is 3.95. The van der Waals surface area contributed by atoms with Crippen LogP contribution in [0.25, 0.3) is 5.65 Å². The van der Waals surface area contributed by atoms with Gasteiger partial charge in [-0.3, -0.25) is 4.40 Å². The molecule has 0 saturated heterocycles. The summed E-state index contributed by atoms with van der Waals surface area (Å²) >= 11 is 0. The number of pyridine rings is 1. The number of anilines is 1. The highest BCUT2D eigenvalue weighted by atomic mass is 32.2. The minimum Gasteiger partial charge on any atom is -0.381 e. The van der Waals surface area contributed by atoms with Crippen molar-refractivity contribution in [3.63, 3.8) is 0 Å². The first kappa shape index (κ1) is 13.4. The van der Waals surface area contributed by atoms with Gasteiger partial charge in [-0.2, -0.15) is 0 Å². The second-order valence-corrected chi connectivity index (χ2v) is 7.06. The third-order valence-corrected chi connectivity index (χ3v) is 5.13. The largest absolute Gasteiger partial charge is 0.381 e. The standard InChI is InChI=1S/C13H18N4O2S/c1-9(8-10-5-6-10)16-20(18,19)13-12(14)15-11-4-2-3-7-17(11)13/h2-4,7,9-10,16H,5-6,8,14H2,1H3. The van der Waals surface area contributed by atoms with E-state index >= 15 is 0 Å². The molecular weight excluding hydrogens is 276 g/mol. The van der Waals surface area contributed by atoms with Crippen LogP contribution in [0.2, 0.25) is 0 Å². The Labute approximate surface area is 118 Å². The lowest BCUT2D eigenvalue weighted by molar-refractivity contribution is 0.527. The normalized spacial score (nSPS) is 17.4. The third kappa shape index (κ3) is 2.51. The maximum atomic E-state index is 12.5. The summed E-state index contributed by atoms with van der Waals surface area (Å²) in [5.41, 5.74) is 6.31. The summed E-state index contributed by atoms with van der Waals surface area (Å²) in [4.78, 5) is 4.08. The lowest BCUT2D eigenvalue weighted by Crippen LogP contribution is -2.34. The summed E-state index contributed by atoms with van der Waals surface area (Å²) in [6.45, 7) is 1.88. The lowest BCUT2D eigenvalue weighted by Gasteiger charge is -2.13. The van der Waals surface area contributed by atoms with Gasteiger partial charge in [-0.05, 0) is 31.4 Å². The molecule has 1 aliphatic rings. The van der Waals surface area contributed by atoms with Crippen molar-refractivity contribution in [3.05, 3.63) is 24.4 Å². The van der Waals surface area contributed by atoms with Crippen LogP contribution in [0.1, 0.15) is 26.2 Å². The fraction of sp³-hybridized carbons (Fsp3) is 0.462. The van der Waals surface area contributed by atoms with E-state index in [1.54, 1.807) is 24.4 Å². The first-order valence-electron chi connectivity index (χ1n) is 6.72. The first-order chi connectivity index (χ1) is 9.47. The maximum Gasteiger partial charge on any atom is 0.260 e. The summed E-state index contributed by atoms with van der Waals surface area (Å²) in [7, 11) is -3.67. The van der Waals surface area contributed by atoms with Crippen LogP contribution in [0.5, 0.6) is 0 Å². The van der Waals surface area contributed by atoms with Gasteiger partial charge in [0.25, 0.3) is 10.0 Å². The van der Waals surface area contributed by atoms with Crippen molar-refractivity contribution in [1.29, 1.82) is 0 Å². The van der Waals surface area contributed by atoms with Crippen LogP contribution in [0.3, 0.4) is 0 Å². The molecular formula is C13H18N4O2S. The summed E-state index contributed by atoms with van der Waals surface area (Å²) < 4.78 is 29.2. The molecule has 0 spiro atoms. The molecule has 20 heavy (non-hydrogen) atoms. The van der Waals surface area contributed by atoms with Crippen molar-refractivity contribution in [1.82, 2.24) is 14.1 Å². The van der Waals surface area contributed by atoms with Gasteiger partial charge in [0.15, 0.2) is 10.8 Å². The second-order valence-electron chi connectivity index (χ2n) is 5.43. The van der Waals surface area contributed by atoms with Crippen LogP contribution in [-0.4, -0.2) is 23.8 Å². The summed E-state index contributed by atoms with van der Waals surface area (Å²) in [5, 5.41) is 0.0238. The van der Waals surface area contributed by atoms with Crippen LogP contribution in [-0.2, 0) is 10.0 Å². The van der Waals surface area contributed by atoms with Crippen LogP contribution >= 0.6 is 0 Å². The molecule has 1 atom stereocenters. The molecule has 1 saturated carbocycles. The zero-order chi connectivity index (χ0) is 14.3. The van der Waals surface area contributed by atoms with E-state index < -0.39 is 10.0 Å². The number of fused-ring (bicyclic) bond motifs is 1. The van der Waals surface area contributed by atoms with Crippen molar-refractivity contribution < 1.29 is 8.42 Å². The van der Waals surface area contributed by atoms with E-state index in [-0.39, 0.29) is 16.9 Å².